The van der Waals surface area contributed by atoms with Crippen molar-refractivity contribution in [2.45, 2.75) is 0 Å². The van der Waals surface area contributed by atoms with Gasteiger partial charge in [-0.1, -0.05) is 0 Å². The Hall–Kier alpha value is -1.05. The average molecular weight is 300 g/mol. The van der Waals surface area contributed by atoms with Crippen LogP contribution in [0.3, 0.4) is 0 Å². The first-order valence-electron chi connectivity index (χ1n) is 3.48. The molecule has 0 unspecified atom stereocenters. The molecule has 0 bridgehead atoms. The molecule has 15 heavy (non-hydrogen) atoms. The number of hydrogen-bond acceptors (Lipinski definition) is 5. The molecule has 0 aliphatic heterocycles. The summed E-state index contributed by atoms with van der Waals surface area (Å²) in [5.41, 5.74) is -0.153. The zero-order valence-corrected chi connectivity index (χ0v) is 10.0. The van der Waals surface area contributed by atoms with Gasteiger partial charge in [-0.3, -0.25) is 10.1 Å². The van der Waals surface area contributed by atoms with E-state index in [2.05, 4.69) is 20.8 Å². The van der Waals surface area contributed by atoms with Crippen LogP contribution in [-0.4, -0.2) is 12.0 Å². The van der Waals surface area contributed by atoms with Crippen LogP contribution in [0.1, 0.15) is 0 Å². The Labute approximate surface area is 100.0 Å². The molecule has 84 valence electrons. The molecule has 8 heteroatoms. The Balaban J connectivity index is 0.00000196. The third-order valence-electron chi connectivity index (χ3n) is 1.56. The van der Waals surface area contributed by atoms with Crippen molar-refractivity contribution in [3.05, 3.63) is 26.7 Å². The van der Waals surface area contributed by atoms with Gasteiger partial charge < -0.3 is 9.57 Å². The molecule has 1 rings (SSSR count). The second-order valence-corrected chi connectivity index (χ2v) is 3.18. The summed E-state index contributed by atoms with van der Waals surface area (Å²) in [5.74, 6) is 5.31. The maximum atomic E-state index is 10.6. The van der Waals surface area contributed by atoms with E-state index < -0.39 is 4.92 Å². The highest BCUT2D eigenvalue weighted by molar-refractivity contribution is 9.10. The summed E-state index contributed by atoms with van der Waals surface area (Å²) >= 11 is 3.07. The predicted octanol–water partition coefficient (Wildman–Crippen LogP) is 2.04. The fourth-order valence-electron chi connectivity index (χ4n) is 0.921. The third-order valence-corrected chi connectivity index (χ3v) is 2.18. The summed E-state index contributed by atoms with van der Waals surface area (Å²) in [6.45, 7) is 0. The van der Waals surface area contributed by atoms with Gasteiger partial charge in [0.05, 0.1) is 16.5 Å². The van der Waals surface area contributed by atoms with E-state index in [4.69, 9.17) is 10.6 Å². The predicted molar refractivity (Wildman–Crippen MR) is 59.4 cm³/mol. The van der Waals surface area contributed by atoms with Gasteiger partial charge in [-0.2, -0.15) is 5.90 Å². The summed E-state index contributed by atoms with van der Waals surface area (Å²) in [6, 6.07) is 2.60. The normalized spacial score (nSPS) is 9.00. The van der Waals surface area contributed by atoms with Crippen molar-refractivity contribution in [1.82, 2.24) is 0 Å². The summed E-state index contributed by atoms with van der Waals surface area (Å²) in [7, 11) is 1.33. The van der Waals surface area contributed by atoms with Crippen LogP contribution in [0.15, 0.2) is 16.6 Å². The van der Waals surface area contributed by atoms with Crippen molar-refractivity contribution in [3.8, 4) is 11.5 Å². The van der Waals surface area contributed by atoms with Gasteiger partial charge in [-0.25, -0.2) is 0 Å². The largest absolute Gasteiger partial charge is 0.490 e. The molecule has 0 radical (unpaired) electrons. The van der Waals surface area contributed by atoms with E-state index in [1.54, 1.807) is 0 Å². The number of methoxy groups -OCH3 is 1. The molecule has 0 aliphatic carbocycles. The molecule has 0 aliphatic rings. The molecule has 0 atom stereocenters. The number of benzene rings is 1. The minimum Gasteiger partial charge on any atom is -0.490 e. The number of nitrogens with two attached hydrogens (primary N) is 1. The van der Waals surface area contributed by atoms with E-state index in [9.17, 15) is 10.1 Å². The first-order valence-corrected chi connectivity index (χ1v) is 4.28. The van der Waals surface area contributed by atoms with Crippen LogP contribution in [0.25, 0.3) is 0 Å². The Morgan fingerprint density at radius 1 is 1.47 bits per heavy atom. The second kappa shape index (κ2) is 5.74. The number of halogens is 2. The molecule has 0 fully saturated rings. The van der Waals surface area contributed by atoms with Crippen LogP contribution in [-0.2, 0) is 0 Å². The summed E-state index contributed by atoms with van der Waals surface area (Å²) in [6.07, 6.45) is 0. The minimum absolute atomic E-state index is 0. The van der Waals surface area contributed by atoms with Crippen molar-refractivity contribution in [2.75, 3.05) is 7.11 Å². The van der Waals surface area contributed by atoms with Crippen molar-refractivity contribution in [2.24, 2.45) is 5.90 Å². The molecular formula is C7H8BrClN2O4. The number of nitro benzene ring substituents is 1. The lowest BCUT2D eigenvalue weighted by Gasteiger charge is -2.05. The molecule has 0 aromatic heterocycles. The molecule has 1 aromatic rings. The van der Waals surface area contributed by atoms with Gasteiger partial charge in [0.1, 0.15) is 0 Å². The topological polar surface area (TPSA) is 87.6 Å². The number of hydrogen-bond donors (Lipinski definition) is 1. The lowest BCUT2D eigenvalue weighted by Crippen LogP contribution is -2.03. The Morgan fingerprint density at radius 2 is 2.07 bits per heavy atom. The van der Waals surface area contributed by atoms with Crippen LogP contribution in [0.2, 0.25) is 0 Å². The van der Waals surface area contributed by atoms with E-state index in [0.717, 1.165) is 0 Å². The second-order valence-electron chi connectivity index (χ2n) is 2.33. The Morgan fingerprint density at radius 3 is 2.47 bits per heavy atom. The summed E-state index contributed by atoms with van der Waals surface area (Å²) in [5, 5.41) is 10.6. The zero-order valence-electron chi connectivity index (χ0n) is 7.60. The number of nitrogens with zero attached hydrogens (tertiary/aromatic N) is 1. The molecule has 0 saturated carbocycles. The average Bonchev–Trinajstić information content (AvgIpc) is 2.17. The maximum absolute atomic E-state index is 10.6. The SMILES string of the molecule is COc1cc(ON)c(Br)cc1[N+](=O)[O-].Cl. The van der Waals surface area contributed by atoms with Crippen LogP contribution in [0, 0.1) is 10.1 Å². The number of rotatable bonds is 3. The Kier molecular flexibility index (Phi) is 5.34. The van der Waals surface area contributed by atoms with E-state index in [0.29, 0.717) is 4.47 Å². The van der Waals surface area contributed by atoms with Gasteiger partial charge in [-0.15, -0.1) is 12.4 Å². The molecule has 0 heterocycles. The van der Waals surface area contributed by atoms with Crippen molar-refractivity contribution < 1.29 is 14.5 Å². The van der Waals surface area contributed by atoms with Crippen LogP contribution < -0.4 is 15.5 Å². The standard InChI is InChI=1S/C7H7BrN2O4.ClH/c1-13-7-3-6(14-9)4(8)2-5(7)10(11)12;/h2-3H,9H2,1H3;1H. The van der Waals surface area contributed by atoms with E-state index in [-0.39, 0.29) is 29.6 Å². The van der Waals surface area contributed by atoms with E-state index in [1.807, 2.05) is 0 Å². The highest BCUT2D eigenvalue weighted by Gasteiger charge is 2.18. The van der Waals surface area contributed by atoms with Gasteiger partial charge in [-0.05, 0) is 15.9 Å². The minimum atomic E-state index is -0.552. The summed E-state index contributed by atoms with van der Waals surface area (Å²) < 4.78 is 5.20. The molecule has 6 nitrogen and oxygen atoms in total. The van der Waals surface area contributed by atoms with Crippen LogP contribution >= 0.6 is 28.3 Å². The fraction of sp³-hybridized carbons (Fsp3) is 0.143. The van der Waals surface area contributed by atoms with Gasteiger partial charge in [0, 0.05) is 12.1 Å². The van der Waals surface area contributed by atoms with Gasteiger partial charge in [0.25, 0.3) is 0 Å². The zero-order chi connectivity index (χ0) is 10.7. The van der Waals surface area contributed by atoms with Crippen LogP contribution in [0.4, 0.5) is 5.69 Å². The Bertz CT molecular complexity index is 374. The van der Waals surface area contributed by atoms with Crippen molar-refractivity contribution in [1.29, 1.82) is 0 Å². The monoisotopic (exact) mass is 298 g/mol. The first kappa shape index (κ1) is 13.9. The molecule has 2 N–H and O–H groups in total. The highest BCUT2D eigenvalue weighted by Crippen LogP contribution is 2.36. The molecular weight excluding hydrogens is 291 g/mol. The lowest BCUT2D eigenvalue weighted by atomic mass is 10.3. The fourth-order valence-corrected chi connectivity index (χ4v) is 1.35. The molecule has 0 saturated heterocycles. The number of ether oxygens (including phenoxy) is 1. The van der Waals surface area contributed by atoms with Gasteiger partial charge >= 0.3 is 5.69 Å². The van der Waals surface area contributed by atoms with E-state index >= 15 is 0 Å². The molecule has 0 spiro atoms. The van der Waals surface area contributed by atoms with Crippen LogP contribution in [0.5, 0.6) is 11.5 Å². The maximum Gasteiger partial charge on any atom is 0.312 e. The first-order chi connectivity index (χ1) is 6.60. The smallest absolute Gasteiger partial charge is 0.312 e. The van der Waals surface area contributed by atoms with Gasteiger partial charge in [0.2, 0.25) is 5.75 Å². The molecule has 0 amide bonds. The van der Waals surface area contributed by atoms with Gasteiger partial charge in [0.15, 0.2) is 5.75 Å². The summed E-state index contributed by atoms with van der Waals surface area (Å²) in [4.78, 5) is 14.5. The molecule has 1 aromatic carbocycles. The lowest BCUT2D eigenvalue weighted by molar-refractivity contribution is -0.385. The van der Waals surface area contributed by atoms with E-state index in [1.165, 1.54) is 19.2 Å². The van der Waals surface area contributed by atoms with Crippen molar-refractivity contribution >= 4 is 34.0 Å². The third kappa shape index (κ3) is 2.95. The van der Waals surface area contributed by atoms with Crippen molar-refractivity contribution in [3.63, 3.8) is 0 Å². The quantitative estimate of drug-likeness (QED) is 0.681. The highest BCUT2D eigenvalue weighted by atomic mass is 79.9. The number of nitro groups is 1.